The Kier molecular flexibility index (Phi) is 7.89. The number of phenols is 1. The predicted octanol–water partition coefficient (Wildman–Crippen LogP) is 3.24. The highest BCUT2D eigenvalue weighted by Gasteiger charge is 2.54. The second-order valence-electron chi connectivity index (χ2n) is 10.3. The number of nitrogens with zero attached hydrogens (tertiary/aromatic N) is 4. The zero-order valence-electron chi connectivity index (χ0n) is 22.7. The minimum atomic E-state index is -1.00. The molecule has 4 amide bonds. The largest absolute Gasteiger partial charge is 0.508 e. The van der Waals surface area contributed by atoms with Gasteiger partial charge in [-0.1, -0.05) is 48.5 Å². The fourth-order valence-electron chi connectivity index (χ4n) is 5.51. The summed E-state index contributed by atoms with van der Waals surface area (Å²) in [5.41, 5.74) is 1.69. The Labute approximate surface area is 236 Å². The summed E-state index contributed by atoms with van der Waals surface area (Å²) in [5.74, 6) is -2.23. The van der Waals surface area contributed by atoms with Gasteiger partial charge in [0.25, 0.3) is 0 Å². The van der Waals surface area contributed by atoms with E-state index in [2.05, 4.69) is 5.32 Å². The van der Waals surface area contributed by atoms with E-state index >= 15 is 0 Å². The highest BCUT2D eigenvalue weighted by molar-refractivity contribution is 5.92. The van der Waals surface area contributed by atoms with Crippen molar-refractivity contribution >= 4 is 17.8 Å². The molecular weight excluding hydrogens is 532 g/mol. The van der Waals surface area contributed by atoms with Crippen molar-refractivity contribution in [3.05, 3.63) is 101 Å². The second-order valence-corrected chi connectivity index (χ2v) is 10.3. The van der Waals surface area contributed by atoms with Gasteiger partial charge in [-0.15, -0.1) is 0 Å². The van der Waals surface area contributed by atoms with E-state index in [4.69, 9.17) is 0 Å². The minimum Gasteiger partial charge on any atom is -0.508 e. The molecule has 0 spiro atoms. The van der Waals surface area contributed by atoms with Crippen molar-refractivity contribution < 1.29 is 28.3 Å². The average Bonchev–Trinajstić information content (AvgIpc) is 2.94. The number of likely N-dealkylation sites (N-methyl/N-ethyl adjacent to an activating group) is 1. The van der Waals surface area contributed by atoms with E-state index in [1.54, 1.807) is 26.1 Å². The maximum absolute atomic E-state index is 14.7. The van der Waals surface area contributed by atoms with E-state index in [0.29, 0.717) is 5.56 Å². The average molecular weight is 564 g/mol. The van der Waals surface area contributed by atoms with E-state index in [9.17, 15) is 28.3 Å². The summed E-state index contributed by atoms with van der Waals surface area (Å²) in [6.07, 6.45) is -0.792. The lowest BCUT2D eigenvalue weighted by molar-refractivity contribution is -0.196. The number of benzene rings is 3. The van der Waals surface area contributed by atoms with Crippen LogP contribution in [0.5, 0.6) is 5.75 Å². The molecule has 2 fully saturated rings. The van der Waals surface area contributed by atoms with Crippen molar-refractivity contribution in [2.24, 2.45) is 0 Å². The Morgan fingerprint density at radius 3 is 2.39 bits per heavy atom. The number of amides is 4. The van der Waals surface area contributed by atoms with Crippen molar-refractivity contribution in [2.75, 3.05) is 13.6 Å². The Morgan fingerprint density at radius 1 is 1.00 bits per heavy atom. The van der Waals surface area contributed by atoms with Gasteiger partial charge < -0.3 is 20.2 Å². The fraction of sp³-hybridized carbons (Fsp3) is 0.300. The first kappa shape index (κ1) is 28.0. The van der Waals surface area contributed by atoms with Crippen LogP contribution < -0.4 is 5.32 Å². The number of phenolic OH excluding ortho intramolecular Hbond substituents is 1. The van der Waals surface area contributed by atoms with Crippen molar-refractivity contribution in [3.63, 3.8) is 0 Å². The van der Waals surface area contributed by atoms with Crippen molar-refractivity contribution in [1.82, 2.24) is 25.1 Å². The third-order valence-electron chi connectivity index (χ3n) is 7.60. The van der Waals surface area contributed by atoms with Crippen LogP contribution in [0.15, 0.2) is 72.8 Å². The van der Waals surface area contributed by atoms with Crippen LogP contribution >= 0.6 is 0 Å². The zero-order valence-corrected chi connectivity index (χ0v) is 22.7. The van der Waals surface area contributed by atoms with Crippen LogP contribution in [0, 0.1) is 11.6 Å². The summed E-state index contributed by atoms with van der Waals surface area (Å²) >= 11 is 0. The number of urea groups is 1. The summed E-state index contributed by atoms with van der Waals surface area (Å²) < 4.78 is 28.3. The monoisotopic (exact) mass is 563 g/mol. The molecule has 0 bridgehead atoms. The van der Waals surface area contributed by atoms with Gasteiger partial charge in [0.1, 0.15) is 29.6 Å². The highest BCUT2D eigenvalue weighted by atomic mass is 19.1. The van der Waals surface area contributed by atoms with Crippen molar-refractivity contribution in [1.29, 1.82) is 0 Å². The molecule has 2 N–H and O–H groups in total. The van der Waals surface area contributed by atoms with E-state index in [0.717, 1.165) is 17.7 Å². The SMILES string of the molecule is C[C@H]1[C@H]2N(C(=O)CN(C)N2C(=O)NCc2ccccc2)[C@@H](Cc2ccc(O)cc2)C(=O)N1Cc1ccc(F)cc1F. The molecule has 11 heteroatoms. The standard InChI is InChI=1S/C30H31F2N5O4/c1-19-28-36(27(39)18-34(2)37(28)30(41)33-16-21-6-4-3-5-7-21)26(14-20-8-12-24(38)13-9-20)29(40)35(19)17-22-10-11-23(31)15-25(22)32/h3-13,15,19,26,28,38H,14,16-18H2,1-2H3,(H,33,41)/t19-,26-,28-/m0/s1. The smallest absolute Gasteiger partial charge is 0.334 e. The summed E-state index contributed by atoms with van der Waals surface area (Å²) in [5, 5.41) is 15.6. The van der Waals surface area contributed by atoms with Crippen LogP contribution in [0.2, 0.25) is 0 Å². The maximum atomic E-state index is 14.7. The molecule has 0 aliphatic carbocycles. The lowest BCUT2D eigenvalue weighted by Crippen LogP contribution is -2.78. The molecule has 9 nitrogen and oxygen atoms in total. The number of hydrogen-bond donors (Lipinski definition) is 2. The van der Waals surface area contributed by atoms with Gasteiger partial charge in [-0.3, -0.25) is 9.59 Å². The summed E-state index contributed by atoms with van der Waals surface area (Å²) in [6.45, 7) is 1.64. The first-order valence-electron chi connectivity index (χ1n) is 13.3. The molecule has 0 unspecified atom stereocenters. The Balaban J connectivity index is 1.51. The number of nitrogens with one attached hydrogen (secondary N) is 1. The summed E-state index contributed by atoms with van der Waals surface area (Å²) in [7, 11) is 1.62. The summed E-state index contributed by atoms with van der Waals surface area (Å²) in [6, 6.07) is 16.6. The van der Waals surface area contributed by atoms with Gasteiger partial charge in [-0.05, 0) is 36.2 Å². The highest BCUT2D eigenvalue weighted by Crippen LogP contribution is 2.33. The zero-order chi connectivity index (χ0) is 29.3. The molecule has 2 heterocycles. The van der Waals surface area contributed by atoms with Gasteiger partial charge >= 0.3 is 6.03 Å². The molecule has 0 aromatic heterocycles. The van der Waals surface area contributed by atoms with E-state index in [-0.39, 0.29) is 43.3 Å². The number of hydrogen-bond acceptors (Lipinski definition) is 5. The van der Waals surface area contributed by atoms with Gasteiger partial charge in [0.15, 0.2) is 0 Å². The van der Waals surface area contributed by atoms with Crippen LogP contribution in [0.3, 0.4) is 0 Å². The predicted molar refractivity (Wildman–Crippen MR) is 146 cm³/mol. The molecule has 2 saturated heterocycles. The number of fused-ring (bicyclic) bond motifs is 1. The number of rotatable bonds is 6. The van der Waals surface area contributed by atoms with Crippen LogP contribution in [-0.4, -0.2) is 74.6 Å². The van der Waals surface area contributed by atoms with E-state index < -0.39 is 41.8 Å². The van der Waals surface area contributed by atoms with Crippen molar-refractivity contribution in [3.8, 4) is 5.75 Å². The molecule has 0 saturated carbocycles. The Bertz CT molecular complexity index is 1440. The van der Waals surface area contributed by atoms with Crippen LogP contribution in [0.4, 0.5) is 13.6 Å². The maximum Gasteiger partial charge on any atom is 0.334 e. The first-order valence-corrected chi connectivity index (χ1v) is 13.3. The van der Waals surface area contributed by atoms with Gasteiger partial charge in [0.05, 0.1) is 12.6 Å². The third-order valence-corrected chi connectivity index (χ3v) is 7.60. The molecule has 3 aromatic carbocycles. The first-order chi connectivity index (χ1) is 19.6. The van der Waals surface area contributed by atoms with E-state index in [1.807, 2.05) is 30.3 Å². The topological polar surface area (TPSA) is 96.4 Å². The number of hydrazine groups is 1. The minimum absolute atomic E-state index is 0.0561. The lowest BCUT2D eigenvalue weighted by atomic mass is 9.95. The van der Waals surface area contributed by atoms with Gasteiger partial charge in [-0.2, -0.15) is 0 Å². The second kappa shape index (κ2) is 11.5. The van der Waals surface area contributed by atoms with Gasteiger partial charge in [0.2, 0.25) is 11.8 Å². The molecular formula is C30H31F2N5O4. The molecule has 0 radical (unpaired) electrons. The van der Waals surface area contributed by atoms with Gasteiger partial charge in [-0.25, -0.2) is 23.6 Å². The fourth-order valence-corrected chi connectivity index (χ4v) is 5.51. The number of aromatic hydroxyl groups is 1. The van der Waals surface area contributed by atoms with Crippen LogP contribution in [-0.2, 0) is 29.1 Å². The number of halogens is 2. The van der Waals surface area contributed by atoms with E-state index in [1.165, 1.54) is 38.0 Å². The molecule has 41 heavy (non-hydrogen) atoms. The van der Waals surface area contributed by atoms with Gasteiger partial charge in [0, 0.05) is 38.2 Å². The normalized spacial score (nSPS) is 21.2. The third kappa shape index (κ3) is 5.71. The molecule has 3 atom stereocenters. The number of piperazine rings is 1. The quantitative estimate of drug-likeness (QED) is 0.480. The lowest BCUT2D eigenvalue weighted by Gasteiger charge is -2.57. The molecule has 2 aliphatic rings. The molecule has 2 aliphatic heterocycles. The Hall–Kier alpha value is -4.51. The van der Waals surface area contributed by atoms with Crippen LogP contribution in [0.1, 0.15) is 23.6 Å². The molecule has 3 aromatic rings. The summed E-state index contributed by atoms with van der Waals surface area (Å²) in [4.78, 5) is 44.0. The van der Waals surface area contributed by atoms with Crippen molar-refractivity contribution in [2.45, 2.75) is 44.7 Å². The number of carbonyl (C=O) groups excluding carboxylic acids is 3. The molecule has 5 rings (SSSR count). The Morgan fingerprint density at radius 2 is 1.71 bits per heavy atom. The number of carbonyl (C=O) groups is 3. The van der Waals surface area contributed by atoms with Crippen LogP contribution in [0.25, 0.3) is 0 Å². The molecule has 214 valence electrons.